The van der Waals surface area contributed by atoms with Crippen LogP contribution in [0.4, 0.5) is 0 Å². The van der Waals surface area contributed by atoms with Crippen molar-refractivity contribution in [3.63, 3.8) is 0 Å². The number of piperazine rings is 1. The molecule has 2 N–H and O–H groups in total. The molecule has 0 bridgehead atoms. The van der Waals surface area contributed by atoms with Gasteiger partial charge in [-0.1, -0.05) is 0 Å². The molecule has 0 aromatic rings. The van der Waals surface area contributed by atoms with Crippen LogP contribution in [0.3, 0.4) is 0 Å². The third kappa shape index (κ3) is 1.72. The van der Waals surface area contributed by atoms with E-state index in [1.807, 2.05) is 6.92 Å². The van der Waals surface area contributed by atoms with E-state index >= 15 is 0 Å². The van der Waals surface area contributed by atoms with Gasteiger partial charge in [0.1, 0.15) is 0 Å². The lowest BCUT2D eigenvalue weighted by Gasteiger charge is -2.43. The predicted molar refractivity (Wildman–Crippen MR) is 45.1 cm³/mol. The molecule has 0 radical (unpaired) electrons. The number of rotatable bonds is 2. The molecular formula is C8H19N2O+. The van der Waals surface area contributed by atoms with E-state index in [0.29, 0.717) is 0 Å². The Balaban J connectivity index is 2.57. The Morgan fingerprint density at radius 3 is 2.27 bits per heavy atom. The molecule has 0 amide bonds. The lowest BCUT2D eigenvalue weighted by molar-refractivity contribution is -0.969. The molecular weight excluding hydrogens is 140 g/mol. The lowest BCUT2D eigenvalue weighted by atomic mass is 10.2. The van der Waals surface area contributed by atoms with Crippen LogP contribution in [0.15, 0.2) is 0 Å². The van der Waals surface area contributed by atoms with Gasteiger partial charge in [0.05, 0.1) is 19.6 Å². The first-order chi connectivity index (χ1) is 5.21. The van der Waals surface area contributed by atoms with Crippen LogP contribution in [-0.2, 0) is 0 Å². The molecule has 1 unspecified atom stereocenters. The monoisotopic (exact) mass is 159 g/mol. The van der Waals surface area contributed by atoms with E-state index in [1.54, 1.807) is 0 Å². The molecule has 1 fully saturated rings. The Labute approximate surface area is 68.6 Å². The summed E-state index contributed by atoms with van der Waals surface area (Å²) in [6.45, 7) is 9.30. The number of aliphatic hydroxyl groups is 1. The number of quaternary nitrogens is 1. The molecule has 1 heterocycles. The minimum absolute atomic E-state index is 0.206. The van der Waals surface area contributed by atoms with Crippen LogP contribution in [0.1, 0.15) is 13.8 Å². The molecule has 1 rings (SSSR count). The summed E-state index contributed by atoms with van der Waals surface area (Å²) in [4.78, 5) is 0. The first-order valence-corrected chi connectivity index (χ1v) is 4.46. The zero-order chi connectivity index (χ0) is 8.32. The predicted octanol–water partition coefficient (Wildman–Crippen LogP) is -0.235. The topological polar surface area (TPSA) is 32.3 Å². The number of nitrogens with one attached hydrogen (secondary N) is 1. The second kappa shape index (κ2) is 3.52. The van der Waals surface area contributed by atoms with Gasteiger partial charge in [-0.15, -0.1) is 0 Å². The van der Waals surface area contributed by atoms with E-state index in [4.69, 9.17) is 0 Å². The highest BCUT2D eigenvalue weighted by molar-refractivity contribution is 4.56. The van der Waals surface area contributed by atoms with Crippen molar-refractivity contribution >= 4 is 0 Å². The van der Waals surface area contributed by atoms with E-state index in [9.17, 15) is 5.11 Å². The van der Waals surface area contributed by atoms with Crippen molar-refractivity contribution in [2.45, 2.75) is 20.1 Å². The first-order valence-electron chi connectivity index (χ1n) is 4.46. The largest absolute Gasteiger partial charge is 0.345 e. The fourth-order valence-corrected chi connectivity index (χ4v) is 1.79. The van der Waals surface area contributed by atoms with Crippen molar-refractivity contribution in [1.29, 1.82) is 0 Å². The van der Waals surface area contributed by atoms with Crippen molar-refractivity contribution in [2.75, 3.05) is 32.7 Å². The Morgan fingerprint density at radius 2 is 2.00 bits per heavy atom. The van der Waals surface area contributed by atoms with E-state index in [1.165, 1.54) is 0 Å². The highest BCUT2D eigenvalue weighted by Crippen LogP contribution is 2.12. The highest BCUT2D eigenvalue weighted by Gasteiger charge is 2.32. The molecule has 11 heavy (non-hydrogen) atoms. The highest BCUT2D eigenvalue weighted by atomic mass is 16.3. The van der Waals surface area contributed by atoms with Crippen LogP contribution < -0.4 is 5.32 Å². The molecule has 1 atom stereocenters. The molecule has 0 spiro atoms. The maximum absolute atomic E-state index is 9.57. The summed E-state index contributed by atoms with van der Waals surface area (Å²) in [5.74, 6) is 0. The van der Waals surface area contributed by atoms with Gasteiger partial charge in [-0.2, -0.15) is 0 Å². The van der Waals surface area contributed by atoms with Crippen LogP contribution in [0, 0.1) is 0 Å². The number of likely N-dealkylation sites (N-methyl/N-ethyl adjacent to an activating group) is 1. The van der Waals surface area contributed by atoms with Gasteiger partial charge in [0, 0.05) is 20.0 Å². The van der Waals surface area contributed by atoms with Crippen LogP contribution in [0.5, 0.6) is 0 Å². The minimum Gasteiger partial charge on any atom is -0.345 e. The van der Waals surface area contributed by atoms with Crippen molar-refractivity contribution < 1.29 is 9.59 Å². The van der Waals surface area contributed by atoms with Gasteiger partial charge in [0.2, 0.25) is 0 Å². The quantitative estimate of drug-likeness (QED) is 0.545. The molecule has 0 aromatic heterocycles. The van der Waals surface area contributed by atoms with Crippen LogP contribution in [0.2, 0.25) is 0 Å². The zero-order valence-corrected chi connectivity index (χ0v) is 7.51. The number of aliphatic hydroxyl groups excluding tert-OH is 1. The lowest BCUT2D eigenvalue weighted by Crippen LogP contribution is -2.62. The molecule has 3 nitrogen and oxygen atoms in total. The van der Waals surface area contributed by atoms with Gasteiger partial charge in [0.25, 0.3) is 0 Å². The second-order valence-corrected chi connectivity index (χ2v) is 3.36. The second-order valence-electron chi connectivity index (χ2n) is 3.36. The first kappa shape index (κ1) is 8.97. The summed E-state index contributed by atoms with van der Waals surface area (Å²) in [6.07, 6.45) is -0.206. The Hall–Kier alpha value is -0.120. The van der Waals surface area contributed by atoms with Crippen LogP contribution >= 0.6 is 0 Å². The summed E-state index contributed by atoms with van der Waals surface area (Å²) in [7, 11) is 0. The van der Waals surface area contributed by atoms with Crippen molar-refractivity contribution in [3.8, 4) is 0 Å². The molecule has 1 saturated heterocycles. The normalized spacial score (nSPS) is 26.5. The Morgan fingerprint density at radius 1 is 1.45 bits per heavy atom. The van der Waals surface area contributed by atoms with Gasteiger partial charge >= 0.3 is 0 Å². The summed E-state index contributed by atoms with van der Waals surface area (Å²) < 4.78 is 0.868. The van der Waals surface area contributed by atoms with E-state index in [-0.39, 0.29) is 6.23 Å². The molecule has 0 aromatic carbocycles. The zero-order valence-electron chi connectivity index (χ0n) is 7.51. The summed E-state index contributed by atoms with van der Waals surface area (Å²) in [5.41, 5.74) is 0. The van der Waals surface area contributed by atoms with Crippen molar-refractivity contribution in [2.24, 2.45) is 0 Å². The SMILES string of the molecule is CC[N+]1(C(C)O)CCNCC1. The fourth-order valence-electron chi connectivity index (χ4n) is 1.79. The average molecular weight is 159 g/mol. The van der Waals surface area contributed by atoms with Crippen LogP contribution in [0.25, 0.3) is 0 Å². The molecule has 1 aliphatic rings. The number of nitrogens with zero attached hydrogens (tertiary/aromatic N) is 1. The van der Waals surface area contributed by atoms with Crippen molar-refractivity contribution in [3.05, 3.63) is 0 Å². The van der Waals surface area contributed by atoms with Gasteiger partial charge in [-0.3, -0.25) is 4.48 Å². The van der Waals surface area contributed by atoms with Crippen LogP contribution in [-0.4, -0.2) is 48.5 Å². The third-order valence-corrected chi connectivity index (χ3v) is 2.89. The summed E-state index contributed by atoms with van der Waals surface area (Å²) >= 11 is 0. The summed E-state index contributed by atoms with van der Waals surface area (Å²) in [6, 6.07) is 0. The fraction of sp³-hybridized carbons (Fsp3) is 1.00. The van der Waals surface area contributed by atoms with E-state index in [2.05, 4.69) is 12.2 Å². The van der Waals surface area contributed by atoms with E-state index in [0.717, 1.165) is 37.2 Å². The maximum Gasteiger partial charge on any atom is 0.187 e. The molecule has 0 aliphatic carbocycles. The smallest absolute Gasteiger partial charge is 0.187 e. The average Bonchev–Trinajstić information content (AvgIpc) is 2.05. The standard InChI is InChI=1S/C8H19N2O/c1-3-10(8(2)11)6-4-9-5-7-10/h8-9,11H,3-7H2,1-2H3/q+1. The van der Waals surface area contributed by atoms with E-state index < -0.39 is 0 Å². The van der Waals surface area contributed by atoms with Gasteiger partial charge in [-0.05, 0) is 6.92 Å². The number of hydrogen-bond acceptors (Lipinski definition) is 2. The minimum atomic E-state index is -0.206. The third-order valence-electron chi connectivity index (χ3n) is 2.89. The van der Waals surface area contributed by atoms with Gasteiger partial charge in [-0.25, -0.2) is 0 Å². The Bertz CT molecular complexity index is 119. The molecule has 3 heteroatoms. The number of hydrogen-bond donors (Lipinski definition) is 2. The van der Waals surface area contributed by atoms with Gasteiger partial charge in [0.15, 0.2) is 6.23 Å². The maximum atomic E-state index is 9.57. The summed E-state index contributed by atoms with van der Waals surface area (Å²) in [5, 5.41) is 12.9. The molecule has 0 saturated carbocycles. The Kier molecular flexibility index (Phi) is 2.87. The molecule has 66 valence electrons. The van der Waals surface area contributed by atoms with Crippen molar-refractivity contribution in [1.82, 2.24) is 5.32 Å². The van der Waals surface area contributed by atoms with Gasteiger partial charge < -0.3 is 10.4 Å². The molecule has 1 aliphatic heterocycles.